The molecular formula is C28H20BrClN2O3S. The number of hydrogen-bond donors (Lipinski definition) is 1. The van der Waals surface area contributed by atoms with Gasteiger partial charge >= 0.3 is 0 Å². The number of benzene rings is 3. The van der Waals surface area contributed by atoms with Gasteiger partial charge < -0.3 is 9.84 Å². The van der Waals surface area contributed by atoms with Crippen molar-refractivity contribution in [2.75, 3.05) is 7.11 Å². The zero-order valence-electron chi connectivity index (χ0n) is 19.2. The Labute approximate surface area is 224 Å². The number of ether oxygens (including phenoxy) is 1. The minimum absolute atomic E-state index is 0.0187. The van der Waals surface area contributed by atoms with Crippen LogP contribution in [0.25, 0.3) is 11.8 Å². The molecule has 3 aromatic carbocycles. The van der Waals surface area contributed by atoms with E-state index in [1.165, 1.54) is 24.0 Å². The van der Waals surface area contributed by atoms with Gasteiger partial charge in [-0.25, -0.2) is 4.99 Å². The van der Waals surface area contributed by atoms with Crippen molar-refractivity contribution in [3.8, 4) is 11.5 Å². The first-order chi connectivity index (χ1) is 17.4. The van der Waals surface area contributed by atoms with Crippen LogP contribution in [0.3, 0.4) is 0 Å². The molecule has 180 valence electrons. The Kier molecular flexibility index (Phi) is 5.86. The number of phenols is 1. The van der Waals surface area contributed by atoms with Crippen molar-refractivity contribution in [2.45, 2.75) is 18.9 Å². The first-order valence-corrected chi connectivity index (χ1v) is 13.4. The van der Waals surface area contributed by atoms with Crippen molar-refractivity contribution in [3.63, 3.8) is 0 Å². The number of aromatic nitrogens is 1. The van der Waals surface area contributed by atoms with Gasteiger partial charge in [0.05, 0.1) is 27.9 Å². The van der Waals surface area contributed by atoms with Gasteiger partial charge in [0, 0.05) is 10.6 Å². The number of hydrogen-bond acceptors (Lipinski definition) is 5. The number of aromatic hydroxyl groups is 1. The lowest BCUT2D eigenvalue weighted by molar-refractivity contribution is 0.372. The molecule has 1 aliphatic heterocycles. The molecule has 8 heteroatoms. The third-order valence-electron chi connectivity index (χ3n) is 6.63. The number of nitrogens with zero attached hydrogens (tertiary/aromatic N) is 2. The molecule has 0 bridgehead atoms. The van der Waals surface area contributed by atoms with Crippen LogP contribution >= 0.6 is 38.9 Å². The molecule has 0 fully saturated rings. The zero-order chi connectivity index (χ0) is 25.0. The van der Waals surface area contributed by atoms with Crippen molar-refractivity contribution in [3.05, 3.63) is 118 Å². The number of aryl methyl sites for hydroxylation is 1. The number of halogens is 2. The van der Waals surface area contributed by atoms with E-state index in [2.05, 4.69) is 34.1 Å². The van der Waals surface area contributed by atoms with Gasteiger partial charge in [0.25, 0.3) is 5.56 Å². The second-order valence-electron chi connectivity index (χ2n) is 8.72. The average Bonchev–Trinajstić information content (AvgIpc) is 3.19. The highest BCUT2D eigenvalue weighted by Crippen LogP contribution is 2.41. The Bertz CT molecular complexity index is 1740. The second-order valence-corrected chi connectivity index (χ2v) is 11.0. The normalized spacial score (nSPS) is 16.8. The third-order valence-corrected chi connectivity index (χ3v) is 8.47. The molecular weight excluding hydrogens is 560 g/mol. The maximum Gasteiger partial charge on any atom is 0.271 e. The van der Waals surface area contributed by atoms with E-state index in [0.29, 0.717) is 24.6 Å². The van der Waals surface area contributed by atoms with Gasteiger partial charge in [0.15, 0.2) is 16.3 Å². The van der Waals surface area contributed by atoms with Gasteiger partial charge in [-0.15, -0.1) is 0 Å². The van der Waals surface area contributed by atoms with Crippen molar-refractivity contribution < 1.29 is 9.84 Å². The Morgan fingerprint density at radius 2 is 1.94 bits per heavy atom. The monoisotopic (exact) mass is 578 g/mol. The Balaban J connectivity index is 1.61. The van der Waals surface area contributed by atoms with Crippen LogP contribution in [0.4, 0.5) is 0 Å². The predicted octanol–water partition coefficient (Wildman–Crippen LogP) is 5.45. The molecule has 1 aromatic heterocycles. The largest absolute Gasteiger partial charge is 0.503 e. The van der Waals surface area contributed by atoms with Gasteiger partial charge in [-0.1, -0.05) is 59.3 Å². The number of rotatable bonds is 3. The number of thiazole rings is 1. The lowest BCUT2D eigenvalue weighted by Gasteiger charge is -2.30. The number of phenolic OH excluding ortho intramolecular Hbond substituents is 1. The summed E-state index contributed by atoms with van der Waals surface area (Å²) in [6, 6.07) is 19.3. The SMILES string of the molecule is COc1cc(C=c2sc3n(c2=O)C(c2ccc(Cl)cc2)C2=C(N=3)c3ccccc3CC2)cc(Br)c1O. The number of fused-ring (bicyclic) bond motifs is 3. The number of allylic oxidation sites excluding steroid dienone is 1. The molecule has 0 saturated carbocycles. The molecule has 1 N–H and O–H groups in total. The van der Waals surface area contributed by atoms with E-state index < -0.39 is 0 Å². The summed E-state index contributed by atoms with van der Waals surface area (Å²) in [7, 11) is 1.49. The summed E-state index contributed by atoms with van der Waals surface area (Å²) >= 11 is 10.9. The summed E-state index contributed by atoms with van der Waals surface area (Å²) in [6.45, 7) is 0. The minimum Gasteiger partial charge on any atom is -0.503 e. The highest BCUT2D eigenvalue weighted by atomic mass is 79.9. The van der Waals surface area contributed by atoms with E-state index in [0.717, 1.165) is 40.8 Å². The predicted molar refractivity (Wildman–Crippen MR) is 147 cm³/mol. The molecule has 2 aliphatic rings. The third kappa shape index (κ3) is 3.82. The van der Waals surface area contributed by atoms with E-state index in [9.17, 15) is 9.90 Å². The van der Waals surface area contributed by atoms with Gasteiger partial charge in [-0.2, -0.15) is 0 Å². The van der Waals surface area contributed by atoms with Gasteiger partial charge in [0.1, 0.15) is 0 Å². The number of methoxy groups -OCH3 is 1. The quantitative estimate of drug-likeness (QED) is 0.351. The fourth-order valence-corrected chi connectivity index (χ4v) is 6.54. The molecule has 1 aliphatic carbocycles. The first-order valence-electron chi connectivity index (χ1n) is 11.4. The Morgan fingerprint density at radius 1 is 1.17 bits per heavy atom. The lowest BCUT2D eigenvalue weighted by Crippen LogP contribution is -2.38. The van der Waals surface area contributed by atoms with Crippen LogP contribution in [0.1, 0.15) is 34.7 Å². The average molecular weight is 580 g/mol. The topological polar surface area (TPSA) is 63.8 Å². The fraction of sp³-hybridized carbons (Fsp3) is 0.143. The fourth-order valence-electron chi connectivity index (χ4n) is 4.95. The van der Waals surface area contributed by atoms with Crippen LogP contribution in [-0.2, 0) is 6.42 Å². The van der Waals surface area contributed by atoms with Gasteiger partial charge in [-0.3, -0.25) is 9.36 Å². The first kappa shape index (κ1) is 23.3. The van der Waals surface area contributed by atoms with Crippen molar-refractivity contribution in [1.29, 1.82) is 0 Å². The van der Waals surface area contributed by atoms with E-state index in [1.807, 2.05) is 36.4 Å². The van der Waals surface area contributed by atoms with Gasteiger partial charge in [-0.05, 0) is 81.4 Å². The van der Waals surface area contributed by atoms with Crippen LogP contribution < -0.4 is 19.6 Å². The molecule has 36 heavy (non-hydrogen) atoms. The second kappa shape index (κ2) is 9.07. The van der Waals surface area contributed by atoms with E-state index in [-0.39, 0.29) is 17.4 Å². The van der Waals surface area contributed by atoms with Crippen LogP contribution in [-0.4, -0.2) is 16.8 Å². The van der Waals surface area contributed by atoms with E-state index in [1.54, 1.807) is 16.7 Å². The molecule has 5 nitrogen and oxygen atoms in total. The molecule has 0 radical (unpaired) electrons. The Hall–Kier alpha value is -3.13. The maximum atomic E-state index is 13.8. The van der Waals surface area contributed by atoms with E-state index >= 15 is 0 Å². The summed E-state index contributed by atoms with van der Waals surface area (Å²) in [5.41, 5.74) is 6.13. The Morgan fingerprint density at radius 3 is 2.72 bits per heavy atom. The minimum atomic E-state index is -0.259. The molecule has 0 saturated heterocycles. The molecule has 0 spiro atoms. The molecule has 2 heterocycles. The van der Waals surface area contributed by atoms with Crippen LogP contribution in [0.2, 0.25) is 5.02 Å². The molecule has 4 aromatic rings. The molecule has 1 atom stereocenters. The maximum absolute atomic E-state index is 13.8. The summed E-state index contributed by atoms with van der Waals surface area (Å²) < 4.78 is 8.14. The van der Waals surface area contributed by atoms with Crippen LogP contribution in [0.5, 0.6) is 11.5 Å². The van der Waals surface area contributed by atoms with Crippen LogP contribution in [0, 0.1) is 0 Å². The smallest absolute Gasteiger partial charge is 0.271 e. The molecule has 1 unspecified atom stereocenters. The standard InChI is InChI=1S/C28H20BrClN2O3S/c1-35-22-13-15(12-21(29)26(22)33)14-23-27(34)32-25(17-6-9-18(30)10-7-17)20-11-8-16-4-2-3-5-19(16)24(20)31-28(32)36-23/h2-7,9-10,12-14,25,33H,8,11H2,1H3. The van der Waals surface area contributed by atoms with E-state index in [4.69, 9.17) is 21.3 Å². The van der Waals surface area contributed by atoms with Crippen molar-refractivity contribution in [2.24, 2.45) is 4.99 Å². The zero-order valence-corrected chi connectivity index (χ0v) is 22.3. The summed E-state index contributed by atoms with van der Waals surface area (Å²) in [5, 5.41) is 10.8. The van der Waals surface area contributed by atoms with Gasteiger partial charge in [0.2, 0.25) is 0 Å². The highest BCUT2D eigenvalue weighted by Gasteiger charge is 2.32. The lowest BCUT2D eigenvalue weighted by atomic mass is 9.83. The van der Waals surface area contributed by atoms with Crippen molar-refractivity contribution >= 4 is 50.6 Å². The highest BCUT2D eigenvalue weighted by molar-refractivity contribution is 9.10. The summed E-state index contributed by atoms with van der Waals surface area (Å²) in [6.07, 6.45) is 3.54. The van der Waals surface area contributed by atoms with Crippen LogP contribution in [0.15, 0.2) is 80.5 Å². The summed E-state index contributed by atoms with van der Waals surface area (Å²) in [4.78, 5) is 19.5. The molecule has 6 rings (SSSR count). The summed E-state index contributed by atoms with van der Waals surface area (Å²) in [5.74, 6) is 0.347. The molecule has 0 amide bonds. The van der Waals surface area contributed by atoms with Crippen molar-refractivity contribution in [1.82, 2.24) is 4.57 Å².